The Hall–Kier alpha value is -2.66. The van der Waals surface area contributed by atoms with Gasteiger partial charge in [0.05, 0.1) is 12.5 Å². The largest absolute Gasteiger partial charge is 0.336 e. The molecule has 0 aliphatic carbocycles. The van der Waals surface area contributed by atoms with Gasteiger partial charge in [-0.05, 0) is 29.2 Å². The second kappa shape index (κ2) is 8.15. The molecule has 1 aliphatic rings. The lowest BCUT2D eigenvalue weighted by atomic mass is 9.90. The fourth-order valence-corrected chi connectivity index (χ4v) is 3.42. The average Bonchev–Trinajstić information content (AvgIpc) is 2.67. The molecule has 1 aliphatic heterocycles. The van der Waals surface area contributed by atoms with Crippen molar-refractivity contribution < 1.29 is 9.59 Å². The molecule has 26 heavy (non-hydrogen) atoms. The van der Waals surface area contributed by atoms with Crippen LogP contribution in [-0.2, 0) is 22.6 Å². The van der Waals surface area contributed by atoms with Crippen molar-refractivity contribution in [2.45, 2.75) is 25.8 Å². The molecule has 2 aromatic carbocycles. The van der Waals surface area contributed by atoms with Crippen molar-refractivity contribution in [3.63, 3.8) is 0 Å². The van der Waals surface area contributed by atoms with E-state index in [1.807, 2.05) is 55.5 Å². The van der Waals surface area contributed by atoms with Gasteiger partial charge in [-0.2, -0.15) is 0 Å². The normalized spacial score (nSPS) is 15.8. The maximum absolute atomic E-state index is 12.9. The number of para-hydroxylation sites is 1. The van der Waals surface area contributed by atoms with Gasteiger partial charge in [0, 0.05) is 25.8 Å². The highest BCUT2D eigenvalue weighted by Crippen LogP contribution is 2.25. The summed E-state index contributed by atoms with van der Waals surface area (Å²) in [5, 5.41) is 6.21. The second-order valence-corrected chi connectivity index (χ2v) is 6.64. The van der Waals surface area contributed by atoms with Crippen LogP contribution in [-0.4, -0.2) is 36.9 Å². The number of benzene rings is 2. The summed E-state index contributed by atoms with van der Waals surface area (Å²) in [6.07, 6.45) is 0.843. The molecule has 2 aromatic rings. The highest BCUT2D eigenvalue weighted by Gasteiger charge is 2.29. The number of nitrogens with one attached hydrogen (secondary N) is 2. The lowest BCUT2D eigenvalue weighted by Crippen LogP contribution is -2.42. The molecule has 0 aromatic heterocycles. The van der Waals surface area contributed by atoms with E-state index in [4.69, 9.17) is 0 Å². The number of nitrogens with zero attached hydrogens (tertiary/aromatic N) is 1. The van der Waals surface area contributed by atoms with Crippen molar-refractivity contribution in [2.24, 2.45) is 0 Å². The van der Waals surface area contributed by atoms with Crippen LogP contribution in [0.4, 0.5) is 5.69 Å². The molecule has 5 nitrogen and oxygen atoms in total. The van der Waals surface area contributed by atoms with Crippen molar-refractivity contribution in [3.8, 4) is 0 Å². The fraction of sp³-hybridized carbons (Fsp3) is 0.333. The minimum atomic E-state index is -0.249. The maximum atomic E-state index is 12.9. The Labute approximate surface area is 154 Å². The molecule has 0 radical (unpaired) electrons. The van der Waals surface area contributed by atoms with Crippen molar-refractivity contribution >= 4 is 17.5 Å². The molecule has 0 fully saturated rings. The smallest absolute Gasteiger partial charge is 0.243 e. The van der Waals surface area contributed by atoms with Crippen LogP contribution in [0.3, 0.4) is 0 Å². The second-order valence-electron chi connectivity index (χ2n) is 6.64. The van der Waals surface area contributed by atoms with Crippen LogP contribution in [0.1, 0.15) is 29.5 Å². The number of amides is 2. The molecule has 5 heteroatoms. The Morgan fingerprint density at radius 3 is 2.69 bits per heavy atom. The summed E-state index contributed by atoms with van der Waals surface area (Å²) in [7, 11) is 1.69. The minimum absolute atomic E-state index is 0.0373. The van der Waals surface area contributed by atoms with Gasteiger partial charge in [-0.3, -0.25) is 9.59 Å². The number of likely N-dealkylation sites (N-methyl/N-ethyl adjacent to an activating group) is 1. The standard InChI is InChI=1S/C21H25N3O2/c1-3-15-8-5-7-11-19(15)23-20(25)14-24(2)21(26)18-13-22-12-16-9-4-6-10-17(16)18/h4-11,18,22H,3,12-14H2,1-2H3,(H,23,25). The van der Waals surface area contributed by atoms with Gasteiger partial charge in [-0.15, -0.1) is 0 Å². The number of carbonyl (C=O) groups is 2. The summed E-state index contributed by atoms with van der Waals surface area (Å²) in [5.41, 5.74) is 4.09. The fourth-order valence-electron chi connectivity index (χ4n) is 3.42. The summed E-state index contributed by atoms with van der Waals surface area (Å²) in [4.78, 5) is 26.8. The van der Waals surface area contributed by atoms with Crippen molar-refractivity contribution in [2.75, 3.05) is 25.5 Å². The first-order valence-electron chi connectivity index (χ1n) is 9.01. The Morgan fingerprint density at radius 1 is 1.15 bits per heavy atom. The monoisotopic (exact) mass is 351 g/mol. The number of rotatable bonds is 5. The molecule has 1 unspecified atom stereocenters. The number of anilines is 1. The number of hydrogen-bond acceptors (Lipinski definition) is 3. The first-order chi connectivity index (χ1) is 12.6. The topological polar surface area (TPSA) is 61.4 Å². The predicted octanol–water partition coefficient (Wildman–Crippen LogP) is 2.53. The van der Waals surface area contributed by atoms with E-state index in [1.54, 1.807) is 7.05 Å². The first kappa shape index (κ1) is 18.1. The number of hydrogen-bond donors (Lipinski definition) is 2. The molecule has 0 saturated carbocycles. The summed E-state index contributed by atoms with van der Waals surface area (Å²) in [6, 6.07) is 15.7. The van der Waals surface area contributed by atoms with E-state index in [-0.39, 0.29) is 24.3 Å². The van der Waals surface area contributed by atoms with E-state index in [9.17, 15) is 9.59 Å². The molecule has 1 atom stereocenters. The van der Waals surface area contributed by atoms with E-state index in [2.05, 4.69) is 10.6 Å². The molecule has 0 bridgehead atoms. The predicted molar refractivity (Wildman–Crippen MR) is 103 cm³/mol. The van der Waals surface area contributed by atoms with Crippen LogP contribution in [0.25, 0.3) is 0 Å². The average molecular weight is 351 g/mol. The summed E-state index contributed by atoms with van der Waals surface area (Å²) in [5.74, 6) is -0.469. The van der Waals surface area contributed by atoms with Crippen molar-refractivity contribution in [1.29, 1.82) is 0 Å². The Balaban J connectivity index is 1.65. The Morgan fingerprint density at radius 2 is 1.88 bits per heavy atom. The van der Waals surface area contributed by atoms with E-state index in [0.29, 0.717) is 6.54 Å². The van der Waals surface area contributed by atoms with Gasteiger partial charge in [0.25, 0.3) is 0 Å². The van der Waals surface area contributed by atoms with Gasteiger partial charge in [0.1, 0.15) is 0 Å². The van der Waals surface area contributed by atoms with Gasteiger partial charge in [0.15, 0.2) is 0 Å². The minimum Gasteiger partial charge on any atom is -0.336 e. The van der Waals surface area contributed by atoms with E-state index < -0.39 is 0 Å². The SMILES string of the molecule is CCc1ccccc1NC(=O)CN(C)C(=O)C1CNCc2ccccc21. The van der Waals surface area contributed by atoms with Crippen LogP contribution in [0, 0.1) is 0 Å². The lowest BCUT2D eigenvalue weighted by molar-refractivity contribution is -0.134. The molecule has 0 spiro atoms. The number of fused-ring (bicyclic) bond motifs is 1. The Kier molecular flexibility index (Phi) is 5.68. The summed E-state index contributed by atoms with van der Waals surface area (Å²) >= 11 is 0. The zero-order valence-corrected chi connectivity index (χ0v) is 15.3. The molecule has 2 amide bonds. The summed E-state index contributed by atoms with van der Waals surface area (Å²) < 4.78 is 0. The van der Waals surface area contributed by atoms with Crippen LogP contribution >= 0.6 is 0 Å². The van der Waals surface area contributed by atoms with Gasteiger partial charge in [0.2, 0.25) is 11.8 Å². The van der Waals surface area contributed by atoms with Gasteiger partial charge in [-0.1, -0.05) is 49.4 Å². The highest BCUT2D eigenvalue weighted by molar-refractivity contribution is 5.96. The molecule has 3 rings (SSSR count). The molecule has 0 saturated heterocycles. The molecular weight excluding hydrogens is 326 g/mol. The van der Waals surface area contributed by atoms with Crippen LogP contribution < -0.4 is 10.6 Å². The van der Waals surface area contributed by atoms with E-state index >= 15 is 0 Å². The summed E-state index contributed by atoms with van der Waals surface area (Å²) in [6.45, 7) is 3.46. The van der Waals surface area contributed by atoms with Gasteiger partial charge >= 0.3 is 0 Å². The number of aryl methyl sites for hydroxylation is 1. The van der Waals surface area contributed by atoms with E-state index in [1.165, 1.54) is 4.90 Å². The van der Waals surface area contributed by atoms with E-state index in [0.717, 1.165) is 35.3 Å². The van der Waals surface area contributed by atoms with Crippen molar-refractivity contribution in [3.05, 3.63) is 65.2 Å². The maximum Gasteiger partial charge on any atom is 0.243 e. The molecular formula is C21H25N3O2. The number of carbonyl (C=O) groups excluding carboxylic acids is 2. The van der Waals surface area contributed by atoms with Crippen LogP contribution in [0.15, 0.2) is 48.5 Å². The van der Waals surface area contributed by atoms with Crippen molar-refractivity contribution in [1.82, 2.24) is 10.2 Å². The van der Waals surface area contributed by atoms with Gasteiger partial charge < -0.3 is 15.5 Å². The first-order valence-corrected chi connectivity index (χ1v) is 9.01. The zero-order chi connectivity index (χ0) is 18.5. The third-order valence-corrected chi connectivity index (χ3v) is 4.82. The molecule has 136 valence electrons. The van der Waals surface area contributed by atoms with Crippen LogP contribution in [0.5, 0.6) is 0 Å². The third-order valence-electron chi connectivity index (χ3n) is 4.82. The third kappa shape index (κ3) is 3.94. The zero-order valence-electron chi connectivity index (χ0n) is 15.3. The lowest BCUT2D eigenvalue weighted by Gasteiger charge is -2.29. The van der Waals surface area contributed by atoms with Crippen LogP contribution in [0.2, 0.25) is 0 Å². The molecule has 2 N–H and O–H groups in total. The molecule has 1 heterocycles. The quantitative estimate of drug-likeness (QED) is 0.870. The highest BCUT2D eigenvalue weighted by atomic mass is 16.2. The Bertz CT molecular complexity index is 803. The van der Waals surface area contributed by atoms with Gasteiger partial charge in [-0.25, -0.2) is 0 Å².